The lowest BCUT2D eigenvalue weighted by Gasteiger charge is -2.15. The second-order valence-corrected chi connectivity index (χ2v) is 10.6. The van der Waals surface area contributed by atoms with Crippen molar-refractivity contribution in [2.24, 2.45) is 17.8 Å². The summed E-state index contributed by atoms with van der Waals surface area (Å²) in [5, 5.41) is 0. The average Bonchev–Trinajstić information content (AvgIpc) is 2.72. The molecule has 0 aliphatic heterocycles. The fourth-order valence-electron chi connectivity index (χ4n) is 4.28. The Balaban J connectivity index is 2.40. The topological polar surface area (TPSA) is 52.6 Å². The van der Waals surface area contributed by atoms with E-state index in [2.05, 4.69) is 40.7 Å². The maximum atomic E-state index is 11.5. The molecule has 0 heterocycles. The molecule has 0 bridgehead atoms. The summed E-state index contributed by atoms with van der Waals surface area (Å²) in [6.45, 7) is 14.3. The molecule has 4 nitrogen and oxygen atoms in total. The molecule has 0 amide bonds. The molecule has 0 aliphatic carbocycles. The second-order valence-electron chi connectivity index (χ2n) is 10.6. The number of ether oxygens (including phenoxy) is 2. The molecule has 2 atom stereocenters. The van der Waals surface area contributed by atoms with E-state index in [1.165, 1.54) is 70.8 Å². The first kappa shape index (κ1) is 29.9. The van der Waals surface area contributed by atoms with Crippen LogP contribution >= 0.6 is 0 Å². The molecular formula is C30H48O4. The van der Waals surface area contributed by atoms with Crippen molar-refractivity contribution in [3.05, 3.63) is 35.4 Å². The van der Waals surface area contributed by atoms with Crippen LogP contribution in [-0.2, 0) is 16.0 Å². The number of allylic oxidation sites excluding steroid dienone is 2. The number of hydrogen-bond donors (Lipinski definition) is 0. The Labute approximate surface area is 208 Å². The lowest BCUT2D eigenvalue weighted by atomic mass is 9.91. The maximum Gasteiger partial charge on any atom is 0.308 e. The van der Waals surface area contributed by atoms with Crippen LogP contribution in [0.25, 0.3) is 0 Å². The highest BCUT2D eigenvalue weighted by atomic mass is 16.5. The minimum Gasteiger partial charge on any atom is -0.427 e. The van der Waals surface area contributed by atoms with Gasteiger partial charge in [-0.2, -0.15) is 0 Å². The fourth-order valence-corrected chi connectivity index (χ4v) is 4.28. The molecule has 1 aromatic rings. The number of benzene rings is 1. The van der Waals surface area contributed by atoms with E-state index < -0.39 is 5.97 Å². The SMILES string of the molecule is CC(=O)Oc1ccc(C/C=C(\C)CCCC(C)CCCC(C)CCCC(C)C)c(OC(C)=O)c1. The maximum absolute atomic E-state index is 11.5. The van der Waals surface area contributed by atoms with Crippen LogP contribution < -0.4 is 9.47 Å². The van der Waals surface area contributed by atoms with Gasteiger partial charge in [0.05, 0.1) is 0 Å². The average molecular weight is 473 g/mol. The largest absolute Gasteiger partial charge is 0.427 e. The molecule has 0 saturated heterocycles. The number of carbonyl (C=O) groups is 2. The molecule has 0 fully saturated rings. The van der Waals surface area contributed by atoms with Crippen molar-refractivity contribution in [2.45, 2.75) is 113 Å². The first-order valence-electron chi connectivity index (χ1n) is 13.2. The van der Waals surface area contributed by atoms with Gasteiger partial charge in [0.2, 0.25) is 0 Å². The van der Waals surface area contributed by atoms with Gasteiger partial charge in [-0.25, -0.2) is 0 Å². The van der Waals surface area contributed by atoms with Gasteiger partial charge in [0.15, 0.2) is 0 Å². The molecule has 34 heavy (non-hydrogen) atoms. The second kappa shape index (κ2) is 16.5. The Morgan fingerprint density at radius 3 is 1.91 bits per heavy atom. The standard InChI is InChI=1S/C30H48O4/c1-22(2)11-8-12-23(3)13-9-14-24(4)15-10-16-25(5)17-18-28-19-20-29(33-26(6)31)21-30(28)34-27(7)32/h17,19-24H,8-16,18H2,1-7H3/b25-17+. The van der Waals surface area contributed by atoms with E-state index in [0.717, 1.165) is 29.7 Å². The number of rotatable bonds is 16. The van der Waals surface area contributed by atoms with Gasteiger partial charge < -0.3 is 9.47 Å². The highest BCUT2D eigenvalue weighted by Gasteiger charge is 2.10. The van der Waals surface area contributed by atoms with Crippen molar-refractivity contribution in [2.75, 3.05) is 0 Å². The first-order chi connectivity index (χ1) is 16.1. The molecule has 0 N–H and O–H groups in total. The summed E-state index contributed by atoms with van der Waals surface area (Å²) in [4.78, 5) is 22.7. The Kier molecular flexibility index (Phi) is 14.5. The van der Waals surface area contributed by atoms with Crippen molar-refractivity contribution in [3.8, 4) is 11.5 Å². The summed E-state index contributed by atoms with van der Waals surface area (Å²) in [6, 6.07) is 5.19. The quantitative estimate of drug-likeness (QED) is 0.137. The third-order valence-electron chi connectivity index (χ3n) is 6.36. The molecule has 1 rings (SSSR count). The van der Waals surface area contributed by atoms with E-state index in [-0.39, 0.29) is 5.97 Å². The molecule has 1 aromatic carbocycles. The summed E-state index contributed by atoms with van der Waals surface area (Å²) >= 11 is 0. The predicted octanol–water partition coefficient (Wildman–Crippen LogP) is 8.47. The Morgan fingerprint density at radius 1 is 0.794 bits per heavy atom. The van der Waals surface area contributed by atoms with Crippen LogP contribution in [0, 0.1) is 17.8 Å². The van der Waals surface area contributed by atoms with E-state index >= 15 is 0 Å². The summed E-state index contributed by atoms with van der Waals surface area (Å²) in [7, 11) is 0. The summed E-state index contributed by atoms with van der Waals surface area (Å²) in [6.07, 6.45) is 14.6. The number of esters is 2. The van der Waals surface area contributed by atoms with Crippen molar-refractivity contribution in [1.82, 2.24) is 0 Å². The van der Waals surface area contributed by atoms with Gasteiger partial charge in [-0.15, -0.1) is 0 Å². The van der Waals surface area contributed by atoms with Crippen LogP contribution in [-0.4, -0.2) is 11.9 Å². The first-order valence-corrected chi connectivity index (χ1v) is 13.2. The number of carbonyl (C=O) groups excluding carboxylic acids is 2. The van der Waals surface area contributed by atoms with Crippen molar-refractivity contribution in [1.29, 1.82) is 0 Å². The monoisotopic (exact) mass is 472 g/mol. The van der Waals surface area contributed by atoms with Gasteiger partial charge in [-0.1, -0.05) is 90.4 Å². The summed E-state index contributed by atoms with van der Waals surface area (Å²) < 4.78 is 10.5. The van der Waals surface area contributed by atoms with E-state index in [1.807, 2.05) is 6.07 Å². The smallest absolute Gasteiger partial charge is 0.308 e. The minimum atomic E-state index is -0.400. The zero-order chi connectivity index (χ0) is 25.5. The van der Waals surface area contributed by atoms with Gasteiger partial charge in [-0.05, 0) is 55.6 Å². The fraction of sp³-hybridized carbons (Fsp3) is 0.667. The zero-order valence-corrected chi connectivity index (χ0v) is 22.7. The van der Waals surface area contributed by atoms with Crippen LogP contribution in [0.15, 0.2) is 29.8 Å². The highest BCUT2D eigenvalue weighted by Crippen LogP contribution is 2.27. The van der Waals surface area contributed by atoms with Gasteiger partial charge in [0.1, 0.15) is 11.5 Å². The van der Waals surface area contributed by atoms with Gasteiger partial charge in [0, 0.05) is 19.9 Å². The minimum absolute atomic E-state index is 0.382. The summed E-state index contributed by atoms with van der Waals surface area (Å²) in [5.41, 5.74) is 2.25. The summed E-state index contributed by atoms with van der Waals surface area (Å²) in [5.74, 6) is 2.50. The third-order valence-corrected chi connectivity index (χ3v) is 6.36. The Bertz CT molecular complexity index is 778. The van der Waals surface area contributed by atoms with E-state index in [9.17, 15) is 9.59 Å². The van der Waals surface area contributed by atoms with Gasteiger partial charge in [-0.3, -0.25) is 9.59 Å². The third kappa shape index (κ3) is 14.2. The molecule has 0 spiro atoms. The van der Waals surface area contributed by atoms with Crippen molar-refractivity contribution in [3.63, 3.8) is 0 Å². The van der Waals surface area contributed by atoms with Gasteiger partial charge in [0.25, 0.3) is 0 Å². The lowest BCUT2D eigenvalue weighted by molar-refractivity contribution is -0.132. The van der Waals surface area contributed by atoms with E-state index in [1.54, 1.807) is 12.1 Å². The molecule has 192 valence electrons. The van der Waals surface area contributed by atoms with Crippen molar-refractivity contribution >= 4 is 11.9 Å². The Hall–Kier alpha value is -2.10. The van der Waals surface area contributed by atoms with Crippen LogP contribution in [0.2, 0.25) is 0 Å². The Morgan fingerprint density at radius 2 is 1.35 bits per heavy atom. The molecule has 2 unspecified atom stereocenters. The molecular weight excluding hydrogens is 424 g/mol. The molecule has 0 aromatic heterocycles. The van der Waals surface area contributed by atoms with E-state index in [4.69, 9.17) is 9.47 Å². The molecule has 0 saturated carbocycles. The highest BCUT2D eigenvalue weighted by molar-refractivity contribution is 5.71. The van der Waals surface area contributed by atoms with Crippen LogP contribution in [0.3, 0.4) is 0 Å². The van der Waals surface area contributed by atoms with Crippen molar-refractivity contribution < 1.29 is 19.1 Å². The van der Waals surface area contributed by atoms with Crippen LogP contribution in [0.4, 0.5) is 0 Å². The zero-order valence-electron chi connectivity index (χ0n) is 22.7. The predicted molar refractivity (Wildman–Crippen MR) is 141 cm³/mol. The van der Waals surface area contributed by atoms with Gasteiger partial charge >= 0.3 is 11.9 Å². The molecule has 0 radical (unpaired) electrons. The molecule has 0 aliphatic rings. The molecule has 4 heteroatoms. The van der Waals surface area contributed by atoms with Crippen LogP contribution in [0.5, 0.6) is 11.5 Å². The lowest BCUT2D eigenvalue weighted by Crippen LogP contribution is -2.06. The van der Waals surface area contributed by atoms with E-state index in [0.29, 0.717) is 17.9 Å². The normalized spacial score (nSPS) is 13.6. The van der Waals surface area contributed by atoms with Crippen LogP contribution in [0.1, 0.15) is 112 Å². The number of hydrogen-bond acceptors (Lipinski definition) is 4.